The van der Waals surface area contributed by atoms with Crippen molar-refractivity contribution in [3.63, 3.8) is 0 Å². The summed E-state index contributed by atoms with van der Waals surface area (Å²) in [4.78, 5) is 18.1. The number of nitrogens with two attached hydrogens (primary N) is 1. The first-order chi connectivity index (χ1) is 13.2. The second-order valence-electron chi connectivity index (χ2n) is 6.46. The maximum atomic E-state index is 13.4. The fraction of sp³-hybridized carbons (Fsp3) is 0.0476. The highest BCUT2D eigenvalue weighted by atomic mass is 16.3. The third-order valence-corrected chi connectivity index (χ3v) is 4.84. The maximum Gasteiger partial charge on any atom is 0.264 e. The van der Waals surface area contributed by atoms with Crippen LogP contribution >= 0.6 is 0 Å². The molecule has 3 N–H and O–H groups in total. The molecule has 0 atom stereocenters. The van der Waals surface area contributed by atoms with Crippen molar-refractivity contribution < 1.29 is 5.11 Å². The zero-order valence-electron chi connectivity index (χ0n) is 14.3. The number of hydrogen-bond acceptors (Lipinski definition) is 4. The van der Waals surface area contributed by atoms with E-state index in [9.17, 15) is 9.90 Å². The van der Waals surface area contributed by atoms with Crippen LogP contribution in [0.4, 0.5) is 0 Å². The van der Waals surface area contributed by atoms with Crippen LogP contribution in [0.2, 0.25) is 0 Å². The van der Waals surface area contributed by atoms with Gasteiger partial charge in [-0.2, -0.15) is 0 Å². The first kappa shape index (κ1) is 15.6. The summed E-state index contributed by atoms with van der Waals surface area (Å²) in [6.07, 6.45) is 1.57. The lowest BCUT2D eigenvalue weighted by atomic mass is 10.1. The van der Waals surface area contributed by atoms with Gasteiger partial charge in [0.25, 0.3) is 5.56 Å². The summed E-state index contributed by atoms with van der Waals surface area (Å²) in [5, 5.41) is 11.4. The molecule has 0 unspecified atom stereocenters. The number of hydrogen-bond donors (Lipinski definition) is 2. The Labute approximate surface area is 153 Å². The molecule has 0 aliphatic carbocycles. The highest BCUT2D eigenvalue weighted by Crippen LogP contribution is 2.27. The molecule has 0 bridgehead atoms. The van der Waals surface area contributed by atoms with Gasteiger partial charge in [0.1, 0.15) is 16.9 Å². The van der Waals surface area contributed by atoms with Crippen LogP contribution in [0.15, 0.2) is 71.7 Å². The lowest BCUT2D eigenvalue weighted by molar-refractivity contribution is 0.472. The molecular weight excluding hydrogens is 340 g/mol. The quantitative estimate of drug-likeness (QED) is 0.509. The molecule has 2 aromatic carbocycles. The highest BCUT2D eigenvalue weighted by Gasteiger charge is 2.17. The Hall–Kier alpha value is -3.64. The predicted octanol–water partition coefficient (Wildman–Crippen LogP) is 2.96. The molecule has 5 rings (SSSR count). The maximum absolute atomic E-state index is 13.4. The minimum atomic E-state index is -0.135. The number of benzene rings is 2. The summed E-state index contributed by atoms with van der Waals surface area (Å²) >= 11 is 0. The summed E-state index contributed by atoms with van der Waals surface area (Å²) in [5.74, 6) is 0.104. The second kappa shape index (κ2) is 5.69. The Morgan fingerprint density at radius 2 is 1.70 bits per heavy atom. The molecule has 132 valence electrons. The Morgan fingerprint density at radius 3 is 2.44 bits per heavy atom. The number of nitrogens with zero attached hydrogens (tertiary/aromatic N) is 3. The second-order valence-corrected chi connectivity index (χ2v) is 6.46. The van der Waals surface area contributed by atoms with E-state index in [1.165, 1.54) is 0 Å². The van der Waals surface area contributed by atoms with E-state index in [0.29, 0.717) is 28.7 Å². The van der Waals surface area contributed by atoms with Crippen LogP contribution in [0, 0.1) is 0 Å². The standard InChI is InChI=1S/C21H16N4O2/c22-11-13-5-7-14(8-6-13)25-20-19(16-3-1-2-4-17(16)21(25)27)23-18-10-9-15(26)12-24(18)20/h1-10,12,26H,11,22H2. The van der Waals surface area contributed by atoms with Gasteiger partial charge in [-0.25, -0.2) is 4.98 Å². The smallest absolute Gasteiger partial charge is 0.264 e. The van der Waals surface area contributed by atoms with Gasteiger partial charge in [-0.3, -0.25) is 13.8 Å². The average Bonchev–Trinajstić information content (AvgIpc) is 3.07. The molecule has 0 spiro atoms. The molecule has 0 amide bonds. The Morgan fingerprint density at radius 1 is 0.963 bits per heavy atom. The molecule has 0 fully saturated rings. The molecule has 0 saturated heterocycles. The van der Waals surface area contributed by atoms with Gasteiger partial charge in [0, 0.05) is 17.3 Å². The molecule has 0 radical (unpaired) electrons. The van der Waals surface area contributed by atoms with E-state index in [0.717, 1.165) is 16.6 Å². The molecule has 0 aliphatic heterocycles. The first-order valence-electron chi connectivity index (χ1n) is 8.61. The van der Waals surface area contributed by atoms with Crippen molar-refractivity contribution in [2.24, 2.45) is 5.73 Å². The van der Waals surface area contributed by atoms with E-state index in [-0.39, 0.29) is 11.3 Å². The Kier molecular flexibility index (Phi) is 3.29. The van der Waals surface area contributed by atoms with Crippen LogP contribution in [0.25, 0.3) is 33.3 Å². The van der Waals surface area contributed by atoms with Gasteiger partial charge in [-0.05, 0) is 35.9 Å². The lowest BCUT2D eigenvalue weighted by Gasteiger charge is -2.11. The van der Waals surface area contributed by atoms with E-state index in [1.54, 1.807) is 27.3 Å². The summed E-state index contributed by atoms with van der Waals surface area (Å²) in [6, 6.07) is 18.3. The van der Waals surface area contributed by atoms with Gasteiger partial charge in [0.15, 0.2) is 5.65 Å². The number of rotatable bonds is 2. The topological polar surface area (TPSA) is 85.5 Å². The third-order valence-electron chi connectivity index (χ3n) is 4.84. The minimum absolute atomic E-state index is 0.104. The van der Waals surface area contributed by atoms with Gasteiger partial charge in [-0.1, -0.05) is 30.3 Å². The monoisotopic (exact) mass is 356 g/mol. The summed E-state index contributed by atoms with van der Waals surface area (Å²) in [5.41, 5.74) is 9.25. The summed E-state index contributed by atoms with van der Waals surface area (Å²) in [6.45, 7) is 0.436. The van der Waals surface area contributed by atoms with E-state index in [2.05, 4.69) is 0 Å². The van der Waals surface area contributed by atoms with Crippen molar-refractivity contribution in [3.05, 3.63) is 82.8 Å². The lowest BCUT2D eigenvalue weighted by Crippen LogP contribution is -2.20. The Bertz CT molecular complexity index is 1380. The summed E-state index contributed by atoms with van der Waals surface area (Å²) < 4.78 is 3.38. The molecule has 27 heavy (non-hydrogen) atoms. The number of aromatic hydroxyl groups is 1. The average molecular weight is 356 g/mol. The van der Waals surface area contributed by atoms with Crippen molar-refractivity contribution in [2.45, 2.75) is 6.54 Å². The molecule has 0 aliphatic rings. The molecule has 3 heterocycles. The SMILES string of the molecule is NCc1ccc(-n2c(=O)c3ccccc3c3nc4ccc(O)cn4c32)cc1. The van der Waals surface area contributed by atoms with Crippen molar-refractivity contribution in [3.8, 4) is 11.4 Å². The van der Waals surface area contributed by atoms with Gasteiger partial charge in [-0.15, -0.1) is 0 Å². The number of imidazole rings is 1. The van der Waals surface area contributed by atoms with E-state index < -0.39 is 0 Å². The van der Waals surface area contributed by atoms with E-state index >= 15 is 0 Å². The molecular formula is C21H16N4O2. The fourth-order valence-corrected chi connectivity index (χ4v) is 3.53. The normalized spacial score (nSPS) is 11.6. The molecule has 0 saturated carbocycles. The third kappa shape index (κ3) is 2.24. The number of aromatic nitrogens is 3. The van der Waals surface area contributed by atoms with Crippen molar-refractivity contribution in [1.29, 1.82) is 0 Å². The first-order valence-corrected chi connectivity index (χ1v) is 8.61. The van der Waals surface area contributed by atoms with Crippen LogP contribution in [0.3, 0.4) is 0 Å². The molecule has 6 nitrogen and oxygen atoms in total. The van der Waals surface area contributed by atoms with Crippen molar-refractivity contribution in [1.82, 2.24) is 14.0 Å². The van der Waals surface area contributed by atoms with Gasteiger partial charge in [0.2, 0.25) is 0 Å². The van der Waals surface area contributed by atoms with Crippen LogP contribution in [-0.4, -0.2) is 19.1 Å². The van der Waals surface area contributed by atoms with Crippen molar-refractivity contribution >= 4 is 27.6 Å². The largest absolute Gasteiger partial charge is 0.506 e. The number of fused-ring (bicyclic) bond motifs is 5. The zero-order chi connectivity index (χ0) is 18.5. The molecule has 5 aromatic rings. The predicted molar refractivity (Wildman–Crippen MR) is 105 cm³/mol. The van der Waals surface area contributed by atoms with Crippen molar-refractivity contribution in [2.75, 3.05) is 0 Å². The highest BCUT2D eigenvalue weighted by molar-refractivity contribution is 6.04. The fourth-order valence-electron chi connectivity index (χ4n) is 3.53. The van der Waals surface area contributed by atoms with E-state index in [1.807, 2.05) is 48.5 Å². The summed E-state index contributed by atoms with van der Waals surface area (Å²) in [7, 11) is 0. The zero-order valence-corrected chi connectivity index (χ0v) is 14.3. The molecule has 3 aromatic heterocycles. The van der Waals surface area contributed by atoms with Crippen LogP contribution < -0.4 is 11.3 Å². The van der Waals surface area contributed by atoms with Crippen LogP contribution in [0.5, 0.6) is 5.75 Å². The molecule has 6 heteroatoms. The Balaban J connectivity index is 2.02. The number of pyridine rings is 2. The van der Waals surface area contributed by atoms with Gasteiger partial charge < -0.3 is 10.8 Å². The minimum Gasteiger partial charge on any atom is -0.506 e. The van der Waals surface area contributed by atoms with Gasteiger partial charge >= 0.3 is 0 Å². The van der Waals surface area contributed by atoms with Gasteiger partial charge in [0.05, 0.1) is 11.9 Å². The van der Waals surface area contributed by atoms with E-state index in [4.69, 9.17) is 10.7 Å². The van der Waals surface area contributed by atoms with Crippen LogP contribution in [-0.2, 0) is 6.54 Å². The van der Waals surface area contributed by atoms with Crippen LogP contribution in [0.1, 0.15) is 5.56 Å².